The molecule has 0 saturated carbocycles. The van der Waals surface area contributed by atoms with Crippen molar-refractivity contribution in [1.29, 1.82) is 0 Å². The lowest BCUT2D eigenvalue weighted by Gasteiger charge is -2.13. The van der Waals surface area contributed by atoms with E-state index in [1.807, 2.05) is 44.2 Å². The molecular formula is C21H24ClN3O4. The second-order valence-corrected chi connectivity index (χ2v) is 6.29. The molecule has 0 saturated heterocycles. The van der Waals surface area contributed by atoms with Crippen LogP contribution in [0.15, 0.2) is 47.6 Å². The molecule has 0 bridgehead atoms. The highest BCUT2D eigenvalue weighted by atomic mass is 35.5. The number of hydrazone groups is 1. The van der Waals surface area contributed by atoms with Crippen LogP contribution in [0, 0.1) is 0 Å². The summed E-state index contributed by atoms with van der Waals surface area (Å²) in [5.41, 5.74) is 3.86. The second-order valence-electron chi connectivity index (χ2n) is 5.89. The molecule has 0 aromatic heterocycles. The van der Waals surface area contributed by atoms with Crippen LogP contribution in [-0.2, 0) is 16.0 Å². The molecule has 29 heavy (non-hydrogen) atoms. The summed E-state index contributed by atoms with van der Waals surface area (Å²) in [5, 5.41) is 6.73. The minimum Gasteiger partial charge on any atom is -0.490 e. The van der Waals surface area contributed by atoms with Gasteiger partial charge < -0.3 is 14.8 Å². The molecular weight excluding hydrogens is 394 g/mol. The molecule has 0 atom stereocenters. The summed E-state index contributed by atoms with van der Waals surface area (Å²) in [5.74, 6) is -0.669. The maximum absolute atomic E-state index is 11.8. The van der Waals surface area contributed by atoms with Gasteiger partial charge in [0.1, 0.15) is 0 Å². The van der Waals surface area contributed by atoms with Crippen LogP contribution in [0.3, 0.4) is 0 Å². The van der Waals surface area contributed by atoms with Crippen molar-refractivity contribution in [3.05, 3.63) is 58.6 Å². The molecule has 2 rings (SSSR count). The molecule has 2 amide bonds. The van der Waals surface area contributed by atoms with Crippen LogP contribution < -0.4 is 20.2 Å². The molecule has 7 nitrogen and oxygen atoms in total. The Morgan fingerprint density at radius 1 is 1.07 bits per heavy atom. The predicted molar refractivity (Wildman–Crippen MR) is 113 cm³/mol. The third-order valence-corrected chi connectivity index (χ3v) is 4.03. The maximum atomic E-state index is 11.8. The summed E-state index contributed by atoms with van der Waals surface area (Å²) < 4.78 is 11.0. The lowest BCUT2D eigenvalue weighted by Crippen LogP contribution is -2.38. The SMILES string of the molecule is CCOc1cc(/C=N\NC(=O)C(=O)NCCc2ccccc2)cc(Cl)c1OCC. The number of rotatable bonds is 9. The second kappa shape index (κ2) is 11.7. The van der Waals surface area contributed by atoms with Crippen LogP contribution in [0.1, 0.15) is 25.0 Å². The minimum atomic E-state index is -0.851. The topological polar surface area (TPSA) is 89.0 Å². The smallest absolute Gasteiger partial charge is 0.329 e. The van der Waals surface area contributed by atoms with E-state index in [-0.39, 0.29) is 0 Å². The average molecular weight is 418 g/mol. The number of nitrogens with one attached hydrogen (secondary N) is 2. The molecule has 0 radical (unpaired) electrons. The number of nitrogens with zero attached hydrogens (tertiary/aromatic N) is 1. The van der Waals surface area contributed by atoms with Crippen molar-refractivity contribution in [3.8, 4) is 11.5 Å². The highest BCUT2D eigenvalue weighted by Crippen LogP contribution is 2.36. The monoisotopic (exact) mass is 417 g/mol. The zero-order valence-corrected chi connectivity index (χ0v) is 17.2. The maximum Gasteiger partial charge on any atom is 0.329 e. The first-order chi connectivity index (χ1) is 14.0. The number of carbonyl (C=O) groups is 2. The Bertz CT molecular complexity index is 857. The van der Waals surface area contributed by atoms with E-state index in [2.05, 4.69) is 15.8 Å². The molecule has 0 unspecified atom stereocenters. The summed E-state index contributed by atoms with van der Waals surface area (Å²) in [6, 6.07) is 13.0. The van der Waals surface area contributed by atoms with Gasteiger partial charge in [0.2, 0.25) is 0 Å². The number of hydrogen-bond acceptors (Lipinski definition) is 5. The van der Waals surface area contributed by atoms with Gasteiger partial charge in [-0.25, -0.2) is 5.43 Å². The Morgan fingerprint density at radius 3 is 2.48 bits per heavy atom. The highest BCUT2D eigenvalue weighted by molar-refractivity contribution is 6.35. The molecule has 0 fully saturated rings. The minimum absolute atomic E-state index is 0.353. The van der Waals surface area contributed by atoms with Crippen LogP contribution in [-0.4, -0.2) is 37.8 Å². The van der Waals surface area contributed by atoms with Gasteiger partial charge in [0.05, 0.1) is 24.5 Å². The molecule has 0 aliphatic carbocycles. The number of ether oxygens (including phenoxy) is 2. The third kappa shape index (κ3) is 7.12. The van der Waals surface area contributed by atoms with E-state index in [1.54, 1.807) is 12.1 Å². The molecule has 0 aliphatic rings. The van der Waals surface area contributed by atoms with Gasteiger partial charge in [-0.05, 0) is 43.5 Å². The summed E-state index contributed by atoms with van der Waals surface area (Å²) >= 11 is 6.23. The van der Waals surface area contributed by atoms with Crippen LogP contribution in [0.4, 0.5) is 0 Å². The fourth-order valence-corrected chi connectivity index (χ4v) is 2.75. The zero-order valence-electron chi connectivity index (χ0n) is 16.4. The first-order valence-corrected chi connectivity index (χ1v) is 9.67. The van der Waals surface area contributed by atoms with Crippen molar-refractivity contribution in [2.75, 3.05) is 19.8 Å². The van der Waals surface area contributed by atoms with E-state index < -0.39 is 11.8 Å². The predicted octanol–water partition coefficient (Wildman–Crippen LogP) is 2.95. The summed E-state index contributed by atoms with van der Waals surface area (Å²) in [6.07, 6.45) is 2.01. The Labute approximate surface area is 175 Å². The van der Waals surface area contributed by atoms with E-state index in [9.17, 15) is 9.59 Å². The quantitative estimate of drug-likeness (QED) is 0.373. The average Bonchev–Trinajstić information content (AvgIpc) is 2.71. The number of hydrogen-bond donors (Lipinski definition) is 2. The fraction of sp³-hybridized carbons (Fsp3) is 0.286. The lowest BCUT2D eigenvalue weighted by molar-refractivity contribution is -0.139. The number of halogens is 1. The van der Waals surface area contributed by atoms with Crippen molar-refractivity contribution in [1.82, 2.24) is 10.7 Å². The molecule has 2 aromatic carbocycles. The molecule has 2 aromatic rings. The normalized spacial score (nSPS) is 10.6. The number of carbonyl (C=O) groups excluding carboxylic acids is 2. The molecule has 2 N–H and O–H groups in total. The summed E-state index contributed by atoms with van der Waals surface area (Å²) in [6.45, 7) is 4.94. The fourth-order valence-electron chi connectivity index (χ4n) is 2.47. The van der Waals surface area contributed by atoms with Crippen molar-refractivity contribution < 1.29 is 19.1 Å². The Hall–Kier alpha value is -3.06. The van der Waals surface area contributed by atoms with E-state index in [1.165, 1.54) is 6.21 Å². The number of benzene rings is 2. The Morgan fingerprint density at radius 2 is 1.79 bits per heavy atom. The van der Waals surface area contributed by atoms with E-state index in [0.717, 1.165) is 5.56 Å². The van der Waals surface area contributed by atoms with Crippen LogP contribution in [0.5, 0.6) is 11.5 Å². The van der Waals surface area contributed by atoms with E-state index >= 15 is 0 Å². The van der Waals surface area contributed by atoms with E-state index in [0.29, 0.717) is 48.3 Å². The van der Waals surface area contributed by atoms with Gasteiger partial charge in [0, 0.05) is 6.54 Å². The highest BCUT2D eigenvalue weighted by Gasteiger charge is 2.13. The Kier molecular flexibility index (Phi) is 8.98. The van der Waals surface area contributed by atoms with Crippen LogP contribution in [0.2, 0.25) is 5.02 Å². The van der Waals surface area contributed by atoms with Crippen LogP contribution >= 0.6 is 11.6 Å². The van der Waals surface area contributed by atoms with Crippen molar-refractivity contribution in [3.63, 3.8) is 0 Å². The first kappa shape index (κ1) is 22.2. The van der Waals surface area contributed by atoms with Gasteiger partial charge in [-0.2, -0.15) is 5.10 Å². The standard InChI is InChI=1S/C21H24ClN3O4/c1-3-28-18-13-16(12-17(22)19(18)29-4-2)14-24-25-21(27)20(26)23-11-10-15-8-6-5-7-9-15/h5-9,12-14H,3-4,10-11H2,1-2H3,(H,23,26)(H,25,27)/b24-14-. The summed E-state index contributed by atoms with van der Waals surface area (Å²) in [7, 11) is 0. The van der Waals surface area contributed by atoms with Crippen molar-refractivity contribution in [2.45, 2.75) is 20.3 Å². The van der Waals surface area contributed by atoms with Crippen molar-refractivity contribution >= 4 is 29.6 Å². The summed E-state index contributed by atoms with van der Waals surface area (Å²) in [4.78, 5) is 23.7. The van der Waals surface area contributed by atoms with Gasteiger partial charge in [-0.1, -0.05) is 41.9 Å². The molecule has 154 valence electrons. The zero-order chi connectivity index (χ0) is 21.1. The largest absolute Gasteiger partial charge is 0.490 e. The van der Waals surface area contributed by atoms with Crippen molar-refractivity contribution in [2.24, 2.45) is 5.10 Å². The number of amides is 2. The van der Waals surface area contributed by atoms with Gasteiger partial charge in [0.25, 0.3) is 0 Å². The lowest BCUT2D eigenvalue weighted by atomic mass is 10.1. The molecule has 0 aliphatic heterocycles. The van der Waals surface area contributed by atoms with Gasteiger partial charge >= 0.3 is 11.8 Å². The van der Waals surface area contributed by atoms with Gasteiger partial charge in [-0.15, -0.1) is 0 Å². The molecule has 8 heteroatoms. The van der Waals surface area contributed by atoms with E-state index in [4.69, 9.17) is 21.1 Å². The molecule has 0 spiro atoms. The van der Waals surface area contributed by atoms with Gasteiger partial charge in [0.15, 0.2) is 11.5 Å². The van der Waals surface area contributed by atoms with Gasteiger partial charge in [-0.3, -0.25) is 9.59 Å². The third-order valence-electron chi connectivity index (χ3n) is 3.75. The van der Waals surface area contributed by atoms with Crippen LogP contribution in [0.25, 0.3) is 0 Å². The Balaban J connectivity index is 1.89. The first-order valence-electron chi connectivity index (χ1n) is 9.29. The molecule has 0 heterocycles.